The van der Waals surface area contributed by atoms with E-state index < -0.39 is 10.0 Å². The van der Waals surface area contributed by atoms with Crippen LogP contribution in [-0.2, 0) is 21.4 Å². The summed E-state index contributed by atoms with van der Waals surface area (Å²) in [5, 5.41) is 0. The second-order valence-electron chi connectivity index (χ2n) is 5.34. The number of hydrogen-bond acceptors (Lipinski definition) is 3. The van der Waals surface area contributed by atoms with Gasteiger partial charge >= 0.3 is 0 Å². The van der Waals surface area contributed by atoms with Gasteiger partial charge in [0.1, 0.15) is 0 Å². The summed E-state index contributed by atoms with van der Waals surface area (Å²) in [6.45, 7) is 0.516. The molecular formula is C17H21NO3S. The lowest BCUT2D eigenvalue weighted by Gasteiger charge is -2.34. The molecule has 0 radical (unpaired) electrons. The Morgan fingerprint density at radius 3 is 2.73 bits per heavy atom. The molecule has 1 aromatic rings. The minimum absolute atomic E-state index is 0.0546. The fraction of sp³-hybridized carbons (Fsp3) is 0.412. The van der Waals surface area contributed by atoms with Crippen molar-refractivity contribution in [3.05, 3.63) is 48.0 Å². The van der Waals surface area contributed by atoms with Crippen LogP contribution < -0.4 is 0 Å². The fourth-order valence-corrected chi connectivity index (χ4v) is 3.52. The first-order chi connectivity index (χ1) is 10.5. The quantitative estimate of drug-likeness (QED) is 0.596. The van der Waals surface area contributed by atoms with E-state index >= 15 is 0 Å². The zero-order valence-electron chi connectivity index (χ0n) is 12.7. The van der Waals surface area contributed by atoms with Crippen LogP contribution in [0.5, 0.6) is 0 Å². The van der Waals surface area contributed by atoms with Crippen molar-refractivity contribution >= 4 is 10.0 Å². The number of ether oxygens (including phenoxy) is 1. The predicted octanol–water partition coefficient (Wildman–Crippen LogP) is 2.19. The van der Waals surface area contributed by atoms with Gasteiger partial charge in [0.2, 0.25) is 10.0 Å². The van der Waals surface area contributed by atoms with Crippen molar-refractivity contribution in [1.82, 2.24) is 4.31 Å². The van der Waals surface area contributed by atoms with E-state index in [4.69, 9.17) is 11.2 Å². The lowest BCUT2D eigenvalue weighted by atomic mass is 9.99. The lowest BCUT2D eigenvalue weighted by molar-refractivity contribution is 0.00310. The standard InChI is InChI=1S/C17H21NO3S/c1-3-13-18(22(2,19)20)16-11-7-8-12-17(16)21-14-15-9-5-4-6-10-15/h1,4-7,9-11,16-17H,8,12-14H2,2H3/t16-,17-/m0/s1. The highest BCUT2D eigenvalue weighted by molar-refractivity contribution is 7.88. The molecule has 0 saturated carbocycles. The highest BCUT2D eigenvalue weighted by atomic mass is 32.2. The Kier molecular flexibility index (Phi) is 5.78. The van der Waals surface area contributed by atoms with Gasteiger partial charge in [0, 0.05) is 0 Å². The summed E-state index contributed by atoms with van der Waals surface area (Å²) in [7, 11) is -3.38. The molecule has 118 valence electrons. The molecule has 0 unspecified atom stereocenters. The molecule has 0 bridgehead atoms. The molecule has 0 heterocycles. The second-order valence-corrected chi connectivity index (χ2v) is 7.28. The molecule has 0 aromatic heterocycles. The minimum Gasteiger partial charge on any atom is -0.372 e. The van der Waals surface area contributed by atoms with Crippen LogP contribution in [0.25, 0.3) is 0 Å². The molecule has 2 rings (SSSR count). The molecule has 0 saturated heterocycles. The first kappa shape index (κ1) is 16.8. The van der Waals surface area contributed by atoms with Gasteiger partial charge in [-0.25, -0.2) is 8.42 Å². The third-order valence-corrected chi connectivity index (χ3v) is 4.87. The van der Waals surface area contributed by atoms with E-state index in [0.29, 0.717) is 6.61 Å². The maximum Gasteiger partial charge on any atom is 0.212 e. The molecule has 2 atom stereocenters. The molecule has 1 aromatic carbocycles. The van der Waals surface area contributed by atoms with Crippen molar-refractivity contribution in [3.63, 3.8) is 0 Å². The van der Waals surface area contributed by atoms with Crippen LogP contribution in [0.2, 0.25) is 0 Å². The Bertz CT molecular complexity index is 646. The minimum atomic E-state index is -3.38. The number of allylic oxidation sites excluding steroid dienone is 1. The molecule has 0 amide bonds. The third-order valence-electron chi connectivity index (χ3n) is 3.64. The molecular weight excluding hydrogens is 298 g/mol. The van der Waals surface area contributed by atoms with Crippen LogP contribution in [0.4, 0.5) is 0 Å². The summed E-state index contributed by atoms with van der Waals surface area (Å²) in [6.07, 6.45) is 11.9. The van der Waals surface area contributed by atoms with E-state index in [-0.39, 0.29) is 18.7 Å². The number of terminal acetylenes is 1. The molecule has 5 heteroatoms. The van der Waals surface area contributed by atoms with Gasteiger partial charge in [0.15, 0.2) is 0 Å². The summed E-state index contributed by atoms with van der Waals surface area (Å²) in [5.74, 6) is 2.42. The van der Waals surface area contributed by atoms with Crippen molar-refractivity contribution < 1.29 is 13.2 Å². The van der Waals surface area contributed by atoms with Crippen molar-refractivity contribution in [2.45, 2.75) is 31.6 Å². The van der Waals surface area contributed by atoms with Gasteiger partial charge < -0.3 is 4.74 Å². The molecule has 0 spiro atoms. The number of nitrogens with zero attached hydrogens (tertiary/aromatic N) is 1. The van der Waals surface area contributed by atoms with Gasteiger partial charge in [-0.2, -0.15) is 4.31 Å². The topological polar surface area (TPSA) is 46.6 Å². The van der Waals surface area contributed by atoms with Crippen LogP contribution in [0.15, 0.2) is 42.5 Å². The SMILES string of the molecule is C#CCN([C@H]1C=CCC[C@@H]1OCc1ccccc1)S(C)(=O)=O. The zero-order valence-corrected chi connectivity index (χ0v) is 13.5. The second kappa shape index (κ2) is 7.59. The molecule has 22 heavy (non-hydrogen) atoms. The largest absolute Gasteiger partial charge is 0.372 e. The fourth-order valence-electron chi connectivity index (χ4n) is 2.57. The normalized spacial score (nSPS) is 21.7. The number of rotatable bonds is 6. The molecule has 4 nitrogen and oxygen atoms in total. The summed E-state index contributed by atoms with van der Waals surface area (Å²) >= 11 is 0. The highest BCUT2D eigenvalue weighted by Gasteiger charge is 2.32. The van der Waals surface area contributed by atoms with E-state index in [1.54, 1.807) is 0 Å². The Labute approximate surface area is 132 Å². The van der Waals surface area contributed by atoms with E-state index in [9.17, 15) is 8.42 Å². The highest BCUT2D eigenvalue weighted by Crippen LogP contribution is 2.23. The van der Waals surface area contributed by atoms with Crippen LogP contribution in [0.1, 0.15) is 18.4 Å². The van der Waals surface area contributed by atoms with E-state index in [2.05, 4.69) is 5.92 Å². The van der Waals surface area contributed by atoms with Crippen LogP contribution in [0, 0.1) is 12.3 Å². The Hall–Kier alpha value is -1.61. The number of hydrogen-bond donors (Lipinski definition) is 0. The molecule has 0 aliphatic heterocycles. The summed E-state index contributed by atoms with van der Waals surface area (Å²) in [5.41, 5.74) is 1.07. The maximum absolute atomic E-state index is 12.0. The molecule has 1 aliphatic rings. The Balaban J connectivity index is 2.12. The van der Waals surface area contributed by atoms with E-state index in [0.717, 1.165) is 18.4 Å². The smallest absolute Gasteiger partial charge is 0.212 e. The van der Waals surface area contributed by atoms with Crippen molar-refractivity contribution in [2.75, 3.05) is 12.8 Å². The zero-order chi connectivity index (χ0) is 16.0. The van der Waals surface area contributed by atoms with Gasteiger partial charge in [-0.05, 0) is 18.4 Å². The van der Waals surface area contributed by atoms with E-state index in [1.807, 2.05) is 42.5 Å². The average Bonchev–Trinajstić information content (AvgIpc) is 2.51. The Morgan fingerprint density at radius 1 is 1.36 bits per heavy atom. The number of sulfonamides is 1. The lowest BCUT2D eigenvalue weighted by Crippen LogP contribution is -2.47. The van der Waals surface area contributed by atoms with Crippen LogP contribution in [0.3, 0.4) is 0 Å². The third kappa shape index (κ3) is 4.44. The van der Waals surface area contributed by atoms with Gasteiger partial charge in [-0.15, -0.1) is 6.42 Å². The predicted molar refractivity (Wildman–Crippen MR) is 87.6 cm³/mol. The monoisotopic (exact) mass is 319 g/mol. The summed E-state index contributed by atoms with van der Waals surface area (Å²) in [6, 6.07) is 9.50. The van der Waals surface area contributed by atoms with Crippen molar-refractivity contribution in [1.29, 1.82) is 0 Å². The molecule has 0 fully saturated rings. The first-order valence-corrected chi connectivity index (χ1v) is 9.09. The van der Waals surface area contributed by atoms with Gasteiger partial charge in [0.25, 0.3) is 0 Å². The molecule has 1 aliphatic carbocycles. The van der Waals surface area contributed by atoms with Gasteiger partial charge in [-0.1, -0.05) is 48.4 Å². The van der Waals surface area contributed by atoms with Gasteiger partial charge in [-0.3, -0.25) is 0 Å². The first-order valence-electron chi connectivity index (χ1n) is 7.25. The Morgan fingerprint density at radius 2 is 2.09 bits per heavy atom. The van der Waals surface area contributed by atoms with Crippen LogP contribution in [-0.4, -0.2) is 37.7 Å². The molecule has 0 N–H and O–H groups in total. The van der Waals surface area contributed by atoms with Gasteiger partial charge in [0.05, 0.1) is 31.6 Å². The van der Waals surface area contributed by atoms with Crippen molar-refractivity contribution in [3.8, 4) is 12.3 Å². The number of benzene rings is 1. The average molecular weight is 319 g/mol. The maximum atomic E-state index is 12.0. The van der Waals surface area contributed by atoms with E-state index in [1.165, 1.54) is 10.6 Å². The van der Waals surface area contributed by atoms with Crippen LogP contribution >= 0.6 is 0 Å². The van der Waals surface area contributed by atoms with Crippen molar-refractivity contribution in [2.24, 2.45) is 0 Å². The summed E-state index contributed by atoms with van der Waals surface area (Å²) in [4.78, 5) is 0. The summed E-state index contributed by atoms with van der Waals surface area (Å²) < 4.78 is 31.3.